The lowest BCUT2D eigenvalue weighted by Gasteiger charge is -1.94. The van der Waals surface area contributed by atoms with E-state index in [0.29, 0.717) is 12.1 Å². The highest BCUT2D eigenvalue weighted by Gasteiger charge is 2.05. The zero-order chi connectivity index (χ0) is 9.84. The Balaban J connectivity index is 0.00000169. The number of aromatic nitrogens is 1. The fraction of sp³-hybridized carbons (Fsp3) is 0.300. The zero-order valence-electron chi connectivity index (χ0n) is 8.16. The second kappa shape index (κ2) is 5.50. The van der Waals surface area contributed by atoms with Crippen molar-refractivity contribution < 1.29 is 26.6 Å². The summed E-state index contributed by atoms with van der Waals surface area (Å²) in [7, 11) is 0. The Kier molecular flexibility index (Phi) is 5.02. The number of hydrogen-bond donors (Lipinski definition) is 0. The number of rotatable bonds is 3. The summed E-state index contributed by atoms with van der Waals surface area (Å²) < 4.78 is 1.74. The van der Waals surface area contributed by atoms with Gasteiger partial charge >= 0.3 is 0 Å². The van der Waals surface area contributed by atoms with Crippen molar-refractivity contribution in [2.75, 3.05) is 0 Å². The van der Waals surface area contributed by atoms with Crippen LogP contribution in [0.25, 0.3) is 0 Å². The van der Waals surface area contributed by atoms with E-state index in [1.54, 1.807) is 29.1 Å². The van der Waals surface area contributed by atoms with Gasteiger partial charge < -0.3 is 12.4 Å². The van der Waals surface area contributed by atoms with Crippen molar-refractivity contribution in [1.82, 2.24) is 0 Å². The molecule has 0 amide bonds. The van der Waals surface area contributed by atoms with Crippen LogP contribution in [0, 0.1) is 0 Å². The maximum atomic E-state index is 10.9. The summed E-state index contributed by atoms with van der Waals surface area (Å²) in [5.41, 5.74) is 0.666. The van der Waals surface area contributed by atoms with Gasteiger partial charge in [0.05, 0.1) is 0 Å². The number of nitrogens with zero attached hydrogens (tertiary/aromatic N) is 1. The van der Waals surface area contributed by atoms with Gasteiger partial charge in [-0.1, -0.05) is 0 Å². The lowest BCUT2D eigenvalue weighted by Crippen LogP contribution is -3.00. The SMILES string of the molecule is CC(=O)C[n+]1ccc(C(C)=O)cc1.[Cl-]. The van der Waals surface area contributed by atoms with Crippen molar-refractivity contribution >= 4 is 11.6 Å². The van der Waals surface area contributed by atoms with E-state index >= 15 is 0 Å². The number of carbonyl (C=O) groups excluding carboxylic acids is 2. The van der Waals surface area contributed by atoms with Crippen molar-refractivity contribution in [3.05, 3.63) is 30.1 Å². The third kappa shape index (κ3) is 3.66. The van der Waals surface area contributed by atoms with Crippen LogP contribution in [0.3, 0.4) is 0 Å². The Morgan fingerprint density at radius 2 is 1.71 bits per heavy atom. The molecule has 4 heteroatoms. The van der Waals surface area contributed by atoms with Crippen molar-refractivity contribution in [2.24, 2.45) is 0 Å². The molecule has 1 heterocycles. The Labute approximate surface area is 89.2 Å². The first kappa shape index (κ1) is 12.8. The van der Waals surface area contributed by atoms with Crippen LogP contribution in [0.2, 0.25) is 0 Å². The Morgan fingerprint density at radius 3 is 2.07 bits per heavy atom. The molecule has 14 heavy (non-hydrogen) atoms. The first-order chi connectivity index (χ1) is 6.09. The molecule has 0 fully saturated rings. The number of Topliss-reactive ketones (excluding diaryl/α,β-unsaturated/α-hetero) is 2. The quantitative estimate of drug-likeness (QED) is 0.421. The summed E-state index contributed by atoms with van der Waals surface area (Å²) >= 11 is 0. The third-order valence-electron chi connectivity index (χ3n) is 1.70. The van der Waals surface area contributed by atoms with Crippen LogP contribution in [0.15, 0.2) is 24.5 Å². The summed E-state index contributed by atoms with van der Waals surface area (Å²) in [5, 5.41) is 0. The summed E-state index contributed by atoms with van der Waals surface area (Å²) in [6.07, 6.45) is 3.47. The van der Waals surface area contributed by atoms with E-state index in [2.05, 4.69) is 0 Å². The van der Waals surface area contributed by atoms with Gasteiger partial charge in [-0.15, -0.1) is 0 Å². The topological polar surface area (TPSA) is 38.0 Å². The summed E-state index contributed by atoms with van der Waals surface area (Å²) in [6.45, 7) is 3.41. The molecule has 76 valence electrons. The van der Waals surface area contributed by atoms with Crippen molar-refractivity contribution in [3.8, 4) is 0 Å². The summed E-state index contributed by atoms with van der Waals surface area (Å²) in [6, 6.07) is 3.43. The molecule has 0 atom stereocenters. The van der Waals surface area contributed by atoms with Crippen LogP contribution in [-0.4, -0.2) is 11.6 Å². The van der Waals surface area contributed by atoms with E-state index in [0.717, 1.165) is 0 Å². The highest BCUT2D eigenvalue weighted by molar-refractivity contribution is 5.93. The molecule has 0 aliphatic heterocycles. The largest absolute Gasteiger partial charge is 1.00 e. The molecule has 0 aromatic carbocycles. The van der Waals surface area contributed by atoms with Crippen molar-refractivity contribution in [2.45, 2.75) is 20.4 Å². The van der Waals surface area contributed by atoms with Crippen LogP contribution in [0.1, 0.15) is 24.2 Å². The minimum Gasteiger partial charge on any atom is -1.00 e. The fourth-order valence-electron chi connectivity index (χ4n) is 1.05. The minimum absolute atomic E-state index is 0. The number of halogens is 1. The monoisotopic (exact) mass is 213 g/mol. The normalized spacial score (nSPS) is 9.00. The Bertz CT molecular complexity index is 332. The maximum absolute atomic E-state index is 10.9. The second-order valence-electron chi connectivity index (χ2n) is 3.02. The van der Waals surface area contributed by atoms with E-state index in [4.69, 9.17) is 0 Å². The molecule has 1 aromatic heterocycles. The van der Waals surface area contributed by atoms with E-state index < -0.39 is 0 Å². The average molecular weight is 214 g/mol. The highest BCUT2D eigenvalue weighted by Crippen LogP contribution is 1.95. The molecule has 0 unspecified atom stereocenters. The lowest BCUT2D eigenvalue weighted by molar-refractivity contribution is -0.684. The minimum atomic E-state index is 0. The van der Waals surface area contributed by atoms with Gasteiger partial charge in [-0.3, -0.25) is 9.59 Å². The van der Waals surface area contributed by atoms with Crippen LogP contribution >= 0.6 is 0 Å². The van der Waals surface area contributed by atoms with E-state index in [1.165, 1.54) is 13.8 Å². The van der Waals surface area contributed by atoms with Gasteiger partial charge in [0.2, 0.25) is 6.54 Å². The van der Waals surface area contributed by atoms with Gasteiger partial charge in [0.15, 0.2) is 24.0 Å². The lowest BCUT2D eigenvalue weighted by atomic mass is 10.2. The molecular weight excluding hydrogens is 202 g/mol. The molecule has 0 saturated carbocycles. The predicted molar refractivity (Wildman–Crippen MR) is 47.3 cm³/mol. The van der Waals surface area contributed by atoms with Gasteiger partial charge in [-0.25, -0.2) is 0 Å². The van der Waals surface area contributed by atoms with Crippen LogP contribution in [0.5, 0.6) is 0 Å². The molecule has 0 radical (unpaired) electrons. The first-order valence-corrected chi connectivity index (χ1v) is 4.09. The molecule has 0 bridgehead atoms. The molecule has 1 aromatic rings. The standard InChI is InChI=1S/C10H12NO2.ClH/c1-8(12)7-11-5-3-10(4-6-11)9(2)13;/h3-6H,7H2,1-2H3;1H/q+1;/p-1. The van der Waals surface area contributed by atoms with Gasteiger partial charge in [-0.2, -0.15) is 4.57 Å². The molecule has 1 rings (SSSR count). The highest BCUT2D eigenvalue weighted by atomic mass is 35.5. The number of carbonyl (C=O) groups is 2. The zero-order valence-corrected chi connectivity index (χ0v) is 8.91. The molecule has 0 N–H and O–H groups in total. The smallest absolute Gasteiger partial charge is 0.206 e. The van der Waals surface area contributed by atoms with Gasteiger partial charge in [0.25, 0.3) is 0 Å². The molecule has 0 saturated heterocycles. The molecule has 3 nitrogen and oxygen atoms in total. The molecule has 0 aliphatic rings. The van der Waals surface area contributed by atoms with Crippen LogP contribution in [0.4, 0.5) is 0 Å². The third-order valence-corrected chi connectivity index (χ3v) is 1.70. The van der Waals surface area contributed by atoms with Gasteiger partial charge in [-0.05, 0) is 6.92 Å². The maximum Gasteiger partial charge on any atom is 0.206 e. The molecule has 0 aliphatic carbocycles. The summed E-state index contributed by atoms with van der Waals surface area (Å²) in [4.78, 5) is 21.6. The number of ketones is 2. The number of hydrogen-bond acceptors (Lipinski definition) is 2. The number of pyridine rings is 1. The van der Waals surface area contributed by atoms with Crippen molar-refractivity contribution in [3.63, 3.8) is 0 Å². The Morgan fingerprint density at radius 1 is 1.21 bits per heavy atom. The second-order valence-corrected chi connectivity index (χ2v) is 3.02. The summed E-state index contributed by atoms with van der Waals surface area (Å²) in [5.74, 6) is 0.135. The average Bonchev–Trinajstić information content (AvgIpc) is 2.04. The van der Waals surface area contributed by atoms with Crippen molar-refractivity contribution in [1.29, 1.82) is 0 Å². The van der Waals surface area contributed by atoms with E-state index in [9.17, 15) is 9.59 Å². The predicted octanol–water partition coefficient (Wildman–Crippen LogP) is -2.23. The van der Waals surface area contributed by atoms with E-state index in [1.807, 2.05) is 0 Å². The first-order valence-electron chi connectivity index (χ1n) is 4.09. The fourth-order valence-corrected chi connectivity index (χ4v) is 1.05. The van der Waals surface area contributed by atoms with Crippen LogP contribution in [-0.2, 0) is 11.3 Å². The van der Waals surface area contributed by atoms with Crippen LogP contribution < -0.4 is 17.0 Å². The Hall–Kier alpha value is -1.22. The van der Waals surface area contributed by atoms with E-state index in [-0.39, 0.29) is 24.0 Å². The molecular formula is C10H12ClNO2. The van der Waals surface area contributed by atoms with Gasteiger partial charge in [0.1, 0.15) is 0 Å². The van der Waals surface area contributed by atoms with Gasteiger partial charge in [0, 0.05) is 24.6 Å². The molecule has 0 spiro atoms.